The maximum Gasteiger partial charge on any atom is 0.253 e. The molecule has 1 aromatic heterocycles. The summed E-state index contributed by atoms with van der Waals surface area (Å²) >= 11 is 0. The number of pyridine rings is 1. The molecule has 0 aliphatic heterocycles. The molecule has 1 atom stereocenters. The fraction of sp³-hybridized carbons (Fsp3) is 0.273. The number of nitrogens with zero attached hydrogens (tertiary/aromatic N) is 1. The van der Waals surface area contributed by atoms with Gasteiger partial charge in [-0.25, -0.2) is 13.2 Å². The SMILES string of the molecule is CC(F)(F)CC(C)(Cc1ccccc1)NC(=O)c1cnc2c(F)cccc2c1. The molecule has 0 saturated carbocycles. The number of carbonyl (C=O) groups is 1. The number of aromatic nitrogens is 1. The summed E-state index contributed by atoms with van der Waals surface area (Å²) in [5.41, 5.74) is 0.0179. The lowest BCUT2D eigenvalue weighted by Crippen LogP contribution is -2.50. The van der Waals surface area contributed by atoms with Crippen LogP contribution in [0.4, 0.5) is 13.2 Å². The maximum atomic E-state index is 13.8. The van der Waals surface area contributed by atoms with E-state index in [0.29, 0.717) is 5.39 Å². The van der Waals surface area contributed by atoms with E-state index in [4.69, 9.17) is 0 Å². The van der Waals surface area contributed by atoms with E-state index in [0.717, 1.165) is 12.5 Å². The fourth-order valence-corrected chi connectivity index (χ4v) is 3.48. The third-order valence-corrected chi connectivity index (χ3v) is 4.48. The highest BCUT2D eigenvalue weighted by molar-refractivity contribution is 5.97. The average Bonchev–Trinajstić information content (AvgIpc) is 2.60. The van der Waals surface area contributed by atoms with Crippen molar-refractivity contribution in [3.05, 3.63) is 77.7 Å². The summed E-state index contributed by atoms with van der Waals surface area (Å²) in [4.78, 5) is 16.8. The van der Waals surface area contributed by atoms with Gasteiger partial charge in [-0.2, -0.15) is 0 Å². The molecule has 1 N–H and O–H groups in total. The first-order valence-electron chi connectivity index (χ1n) is 8.94. The van der Waals surface area contributed by atoms with Gasteiger partial charge < -0.3 is 5.32 Å². The Labute approximate surface area is 161 Å². The van der Waals surface area contributed by atoms with Gasteiger partial charge in [-0.1, -0.05) is 42.5 Å². The Kier molecular flexibility index (Phi) is 5.40. The summed E-state index contributed by atoms with van der Waals surface area (Å²) in [7, 11) is 0. The lowest BCUT2D eigenvalue weighted by Gasteiger charge is -2.33. The van der Waals surface area contributed by atoms with E-state index in [2.05, 4.69) is 10.3 Å². The summed E-state index contributed by atoms with van der Waals surface area (Å²) < 4.78 is 41.4. The van der Waals surface area contributed by atoms with Crippen LogP contribution in [0.15, 0.2) is 60.8 Å². The predicted molar refractivity (Wildman–Crippen MR) is 103 cm³/mol. The Morgan fingerprint density at radius 1 is 1.07 bits per heavy atom. The Hall–Kier alpha value is -2.89. The van der Waals surface area contributed by atoms with Gasteiger partial charge in [0, 0.05) is 23.5 Å². The molecule has 28 heavy (non-hydrogen) atoms. The highest BCUT2D eigenvalue weighted by Crippen LogP contribution is 2.29. The van der Waals surface area contributed by atoms with Gasteiger partial charge in [-0.15, -0.1) is 0 Å². The Morgan fingerprint density at radius 2 is 1.79 bits per heavy atom. The third-order valence-electron chi connectivity index (χ3n) is 4.48. The van der Waals surface area contributed by atoms with Crippen LogP contribution >= 0.6 is 0 Å². The number of halogens is 3. The zero-order valence-corrected chi connectivity index (χ0v) is 15.7. The number of amides is 1. The molecule has 3 aromatic rings. The molecular weight excluding hydrogens is 365 g/mol. The first-order chi connectivity index (χ1) is 13.2. The van der Waals surface area contributed by atoms with E-state index in [1.54, 1.807) is 13.0 Å². The molecule has 1 amide bonds. The number of alkyl halides is 2. The molecule has 0 radical (unpaired) electrons. The van der Waals surface area contributed by atoms with Gasteiger partial charge in [0.25, 0.3) is 5.91 Å². The molecule has 0 spiro atoms. The summed E-state index contributed by atoms with van der Waals surface area (Å²) in [5, 5.41) is 3.21. The number of carbonyl (C=O) groups excluding carboxylic acids is 1. The number of benzene rings is 2. The van der Waals surface area contributed by atoms with Crippen molar-refractivity contribution in [3.63, 3.8) is 0 Å². The van der Waals surface area contributed by atoms with Crippen LogP contribution in [0.5, 0.6) is 0 Å². The Morgan fingerprint density at radius 3 is 2.46 bits per heavy atom. The first-order valence-corrected chi connectivity index (χ1v) is 8.94. The fourth-order valence-electron chi connectivity index (χ4n) is 3.48. The topological polar surface area (TPSA) is 42.0 Å². The van der Waals surface area contributed by atoms with Crippen molar-refractivity contribution < 1.29 is 18.0 Å². The van der Waals surface area contributed by atoms with Crippen LogP contribution in [0.25, 0.3) is 10.9 Å². The van der Waals surface area contributed by atoms with E-state index in [1.165, 1.54) is 24.4 Å². The zero-order valence-electron chi connectivity index (χ0n) is 15.7. The van der Waals surface area contributed by atoms with Gasteiger partial charge in [0.05, 0.1) is 5.56 Å². The molecular formula is C22H21F3N2O. The van der Waals surface area contributed by atoms with E-state index >= 15 is 0 Å². The first kappa shape index (κ1) is 19.9. The van der Waals surface area contributed by atoms with Crippen LogP contribution in [-0.4, -0.2) is 22.4 Å². The molecule has 146 valence electrons. The number of para-hydroxylation sites is 1. The molecule has 0 saturated heterocycles. The third kappa shape index (κ3) is 4.88. The second-order valence-electron chi connectivity index (χ2n) is 7.46. The standard InChI is InChI=1S/C22H21F3N2O/c1-21(14-22(2,24)25,12-15-7-4-3-5-8-15)27-20(28)17-11-16-9-6-10-18(23)19(16)26-13-17/h3-11,13H,12,14H2,1-2H3,(H,27,28). The Balaban J connectivity index is 1.88. The van der Waals surface area contributed by atoms with Crippen molar-refractivity contribution in [2.75, 3.05) is 0 Å². The van der Waals surface area contributed by atoms with Crippen molar-refractivity contribution in [2.24, 2.45) is 0 Å². The summed E-state index contributed by atoms with van der Waals surface area (Å²) in [5.74, 6) is -3.97. The van der Waals surface area contributed by atoms with E-state index < -0.39 is 29.6 Å². The minimum absolute atomic E-state index is 0.159. The highest BCUT2D eigenvalue weighted by Gasteiger charge is 2.37. The number of hydrogen-bond donors (Lipinski definition) is 1. The quantitative estimate of drug-likeness (QED) is 0.637. The van der Waals surface area contributed by atoms with Gasteiger partial charge in [0.2, 0.25) is 5.92 Å². The predicted octanol–water partition coefficient (Wildman–Crippen LogP) is 5.15. The van der Waals surface area contributed by atoms with Gasteiger partial charge in [-0.05, 0) is 38.0 Å². The molecule has 0 bridgehead atoms. The van der Waals surface area contributed by atoms with E-state index in [1.807, 2.05) is 30.3 Å². The molecule has 6 heteroatoms. The minimum Gasteiger partial charge on any atom is -0.346 e. The van der Waals surface area contributed by atoms with Crippen molar-refractivity contribution in [3.8, 4) is 0 Å². The molecule has 0 aliphatic rings. The smallest absolute Gasteiger partial charge is 0.253 e. The van der Waals surface area contributed by atoms with Crippen molar-refractivity contribution >= 4 is 16.8 Å². The lowest BCUT2D eigenvalue weighted by molar-refractivity contribution is -0.0121. The van der Waals surface area contributed by atoms with Gasteiger partial charge in [0.1, 0.15) is 11.3 Å². The lowest BCUT2D eigenvalue weighted by atomic mass is 9.86. The average molecular weight is 386 g/mol. The number of nitrogens with one attached hydrogen (secondary N) is 1. The molecule has 0 aliphatic carbocycles. The van der Waals surface area contributed by atoms with Crippen molar-refractivity contribution in [2.45, 2.75) is 38.2 Å². The van der Waals surface area contributed by atoms with Crippen LogP contribution in [0.1, 0.15) is 36.2 Å². The van der Waals surface area contributed by atoms with Gasteiger partial charge >= 0.3 is 0 Å². The minimum atomic E-state index is -2.96. The number of fused-ring (bicyclic) bond motifs is 1. The molecule has 3 rings (SSSR count). The largest absolute Gasteiger partial charge is 0.346 e. The summed E-state index contributed by atoms with van der Waals surface area (Å²) in [6.07, 6.45) is 0.989. The van der Waals surface area contributed by atoms with Crippen LogP contribution in [0.3, 0.4) is 0 Å². The monoisotopic (exact) mass is 386 g/mol. The Bertz CT molecular complexity index is 986. The van der Waals surface area contributed by atoms with E-state index in [9.17, 15) is 18.0 Å². The molecule has 3 nitrogen and oxygen atoms in total. The molecule has 1 heterocycles. The van der Waals surface area contributed by atoms with Gasteiger partial charge in [0.15, 0.2) is 0 Å². The normalized spacial score (nSPS) is 13.9. The summed E-state index contributed by atoms with van der Waals surface area (Å²) in [6, 6.07) is 15.1. The maximum absolute atomic E-state index is 13.8. The second-order valence-corrected chi connectivity index (χ2v) is 7.46. The van der Waals surface area contributed by atoms with Crippen LogP contribution in [0, 0.1) is 5.82 Å². The number of hydrogen-bond acceptors (Lipinski definition) is 2. The number of rotatable bonds is 6. The summed E-state index contributed by atoms with van der Waals surface area (Å²) in [6.45, 7) is 2.44. The van der Waals surface area contributed by atoms with Crippen molar-refractivity contribution in [1.82, 2.24) is 10.3 Å². The molecule has 0 fully saturated rings. The second kappa shape index (κ2) is 7.62. The van der Waals surface area contributed by atoms with Crippen LogP contribution in [-0.2, 0) is 6.42 Å². The van der Waals surface area contributed by atoms with Crippen molar-refractivity contribution in [1.29, 1.82) is 0 Å². The van der Waals surface area contributed by atoms with Crippen LogP contribution < -0.4 is 5.32 Å². The molecule has 1 unspecified atom stereocenters. The highest BCUT2D eigenvalue weighted by atomic mass is 19.3. The zero-order chi connectivity index (χ0) is 20.4. The molecule has 2 aromatic carbocycles. The van der Waals surface area contributed by atoms with E-state index in [-0.39, 0.29) is 17.5 Å². The van der Waals surface area contributed by atoms with Crippen LogP contribution in [0.2, 0.25) is 0 Å². The van der Waals surface area contributed by atoms with Gasteiger partial charge in [-0.3, -0.25) is 9.78 Å².